The fourth-order valence-electron chi connectivity index (χ4n) is 1.65. The van der Waals surface area contributed by atoms with Crippen LogP contribution < -0.4 is 0 Å². The van der Waals surface area contributed by atoms with Crippen LogP contribution in [0.1, 0.15) is 0 Å². The third kappa shape index (κ3) is 1.32. The lowest BCUT2D eigenvalue weighted by molar-refractivity contribution is 0.477. The molecule has 16 heavy (non-hydrogen) atoms. The molecule has 4 nitrogen and oxygen atoms in total. The Hall–Kier alpha value is -2.36. The Morgan fingerprint density at radius 1 is 1.06 bits per heavy atom. The molecule has 0 aliphatic heterocycles. The Morgan fingerprint density at radius 2 is 1.94 bits per heavy atom. The van der Waals surface area contributed by atoms with E-state index in [1.165, 1.54) is 0 Å². The Labute approximate surface area is 91.6 Å². The number of benzene rings is 1. The smallest absolute Gasteiger partial charge is 0.178 e. The average molecular weight is 211 g/mol. The van der Waals surface area contributed by atoms with Gasteiger partial charge in [-0.15, -0.1) is 0 Å². The minimum absolute atomic E-state index is 0.210. The van der Waals surface area contributed by atoms with Gasteiger partial charge in [0, 0.05) is 6.20 Å². The molecule has 78 valence electrons. The third-order valence-electron chi connectivity index (χ3n) is 2.42. The molecule has 2 heterocycles. The van der Waals surface area contributed by atoms with Gasteiger partial charge < -0.3 is 10.1 Å². The largest absolute Gasteiger partial charge is 0.507 e. The summed E-state index contributed by atoms with van der Waals surface area (Å²) in [6, 6.07) is 10.8. The van der Waals surface area contributed by atoms with E-state index in [0.29, 0.717) is 17.0 Å². The minimum atomic E-state index is 0.210. The highest BCUT2D eigenvalue weighted by Gasteiger charge is 2.08. The van der Waals surface area contributed by atoms with Crippen LogP contribution in [0.25, 0.3) is 22.6 Å². The number of rotatable bonds is 1. The molecule has 3 aromatic rings. The van der Waals surface area contributed by atoms with Gasteiger partial charge in [0.15, 0.2) is 5.65 Å². The molecule has 0 saturated carbocycles. The summed E-state index contributed by atoms with van der Waals surface area (Å²) in [4.78, 5) is 11.6. The van der Waals surface area contributed by atoms with Gasteiger partial charge in [-0.2, -0.15) is 0 Å². The molecular weight excluding hydrogens is 202 g/mol. The quantitative estimate of drug-likeness (QED) is 0.649. The molecule has 0 radical (unpaired) electrons. The highest BCUT2D eigenvalue weighted by molar-refractivity contribution is 5.77. The summed E-state index contributed by atoms with van der Waals surface area (Å²) in [5.74, 6) is 0.841. The number of phenolic OH excluding ortho intramolecular Hbond substituents is 1. The third-order valence-corrected chi connectivity index (χ3v) is 2.42. The van der Waals surface area contributed by atoms with Crippen molar-refractivity contribution in [2.45, 2.75) is 0 Å². The van der Waals surface area contributed by atoms with Gasteiger partial charge in [0.05, 0.1) is 11.1 Å². The molecule has 0 aliphatic rings. The molecule has 0 unspecified atom stereocenters. The van der Waals surface area contributed by atoms with Gasteiger partial charge in [0.2, 0.25) is 0 Å². The van der Waals surface area contributed by atoms with Crippen molar-refractivity contribution >= 4 is 11.2 Å². The molecule has 1 aromatic carbocycles. The Balaban J connectivity index is 2.23. The molecule has 3 rings (SSSR count). The minimum Gasteiger partial charge on any atom is -0.507 e. The number of H-pyrrole nitrogens is 1. The maximum Gasteiger partial charge on any atom is 0.178 e. The second-order valence-electron chi connectivity index (χ2n) is 3.48. The summed E-state index contributed by atoms with van der Waals surface area (Å²) in [5, 5.41) is 9.71. The van der Waals surface area contributed by atoms with E-state index in [4.69, 9.17) is 0 Å². The molecule has 2 N–H and O–H groups in total. The Morgan fingerprint density at radius 3 is 2.75 bits per heavy atom. The van der Waals surface area contributed by atoms with Crippen molar-refractivity contribution in [2.24, 2.45) is 0 Å². The zero-order chi connectivity index (χ0) is 11.0. The zero-order valence-corrected chi connectivity index (χ0v) is 8.38. The van der Waals surface area contributed by atoms with E-state index >= 15 is 0 Å². The maximum atomic E-state index is 9.71. The molecule has 0 atom stereocenters. The van der Waals surface area contributed by atoms with Crippen molar-refractivity contribution < 1.29 is 5.11 Å². The second-order valence-corrected chi connectivity index (χ2v) is 3.48. The number of nitrogens with zero attached hydrogens (tertiary/aromatic N) is 2. The number of hydrogen-bond donors (Lipinski definition) is 2. The molecule has 0 spiro atoms. The molecular formula is C12H9N3O. The fraction of sp³-hybridized carbons (Fsp3) is 0. The van der Waals surface area contributed by atoms with Crippen LogP contribution in [-0.4, -0.2) is 20.1 Å². The van der Waals surface area contributed by atoms with E-state index in [9.17, 15) is 5.11 Å². The molecule has 0 saturated heterocycles. The van der Waals surface area contributed by atoms with Crippen LogP contribution in [-0.2, 0) is 0 Å². The predicted octanol–water partition coefficient (Wildman–Crippen LogP) is 2.33. The van der Waals surface area contributed by atoms with E-state index in [1.54, 1.807) is 18.3 Å². The average Bonchev–Trinajstić information content (AvgIpc) is 2.73. The highest BCUT2D eigenvalue weighted by atomic mass is 16.3. The summed E-state index contributed by atoms with van der Waals surface area (Å²) in [7, 11) is 0. The van der Waals surface area contributed by atoms with Gasteiger partial charge in [-0.3, -0.25) is 0 Å². The molecule has 0 amide bonds. The van der Waals surface area contributed by atoms with Crippen LogP contribution in [0.5, 0.6) is 5.75 Å². The summed E-state index contributed by atoms with van der Waals surface area (Å²) in [5.41, 5.74) is 2.20. The van der Waals surface area contributed by atoms with Gasteiger partial charge in [-0.25, -0.2) is 9.97 Å². The van der Waals surface area contributed by atoms with Crippen LogP contribution >= 0.6 is 0 Å². The molecule has 4 heteroatoms. The van der Waals surface area contributed by atoms with Crippen molar-refractivity contribution in [2.75, 3.05) is 0 Å². The van der Waals surface area contributed by atoms with Crippen molar-refractivity contribution in [1.82, 2.24) is 15.0 Å². The van der Waals surface area contributed by atoms with Gasteiger partial charge in [0.25, 0.3) is 0 Å². The van der Waals surface area contributed by atoms with Crippen molar-refractivity contribution in [3.8, 4) is 17.1 Å². The van der Waals surface area contributed by atoms with Gasteiger partial charge in [-0.1, -0.05) is 12.1 Å². The number of aromatic nitrogens is 3. The summed E-state index contributed by atoms with van der Waals surface area (Å²) in [6.45, 7) is 0. The van der Waals surface area contributed by atoms with Crippen LogP contribution in [0.4, 0.5) is 0 Å². The normalized spacial score (nSPS) is 10.8. The first-order valence-corrected chi connectivity index (χ1v) is 4.94. The first-order chi connectivity index (χ1) is 7.84. The topological polar surface area (TPSA) is 61.8 Å². The number of hydrogen-bond acceptors (Lipinski definition) is 3. The lowest BCUT2D eigenvalue weighted by Gasteiger charge is -1.98. The Kier molecular flexibility index (Phi) is 1.86. The lowest BCUT2D eigenvalue weighted by atomic mass is 10.2. The van der Waals surface area contributed by atoms with E-state index in [0.717, 1.165) is 5.52 Å². The lowest BCUT2D eigenvalue weighted by Crippen LogP contribution is -1.80. The molecule has 0 aliphatic carbocycles. The van der Waals surface area contributed by atoms with Crippen LogP contribution in [0.15, 0.2) is 42.6 Å². The number of aromatic hydroxyl groups is 1. The number of imidazole rings is 1. The number of nitrogens with one attached hydrogen (secondary N) is 1. The maximum absolute atomic E-state index is 9.71. The van der Waals surface area contributed by atoms with Gasteiger partial charge >= 0.3 is 0 Å². The zero-order valence-electron chi connectivity index (χ0n) is 8.38. The molecule has 0 fully saturated rings. The molecule has 0 bridgehead atoms. The predicted molar refractivity (Wildman–Crippen MR) is 61.0 cm³/mol. The van der Waals surface area contributed by atoms with E-state index in [2.05, 4.69) is 15.0 Å². The Bertz CT molecular complexity index is 612. The number of aromatic amines is 1. The highest BCUT2D eigenvalue weighted by Crippen LogP contribution is 2.27. The number of fused-ring (bicyclic) bond motifs is 1. The first kappa shape index (κ1) is 8.91. The summed E-state index contributed by atoms with van der Waals surface area (Å²) < 4.78 is 0. The van der Waals surface area contributed by atoms with Crippen molar-refractivity contribution in [1.29, 1.82) is 0 Å². The van der Waals surface area contributed by atoms with Crippen LogP contribution in [0.2, 0.25) is 0 Å². The fourth-order valence-corrected chi connectivity index (χ4v) is 1.65. The summed E-state index contributed by atoms with van der Waals surface area (Å²) in [6.07, 6.45) is 1.69. The first-order valence-electron chi connectivity index (χ1n) is 4.94. The monoisotopic (exact) mass is 211 g/mol. The standard InChI is InChI=1S/C12H9N3O/c16-10-6-2-1-4-8(10)11-14-9-5-3-7-13-12(9)15-11/h1-7,16H,(H,13,14,15). The van der Waals surface area contributed by atoms with E-state index in [-0.39, 0.29) is 5.75 Å². The molecule has 2 aromatic heterocycles. The second kappa shape index (κ2) is 3.34. The van der Waals surface area contributed by atoms with Gasteiger partial charge in [-0.05, 0) is 24.3 Å². The number of phenols is 1. The SMILES string of the molecule is Oc1ccccc1-c1nc2ncccc2[nH]1. The van der Waals surface area contributed by atoms with E-state index in [1.807, 2.05) is 24.3 Å². The number of para-hydroxylation sites is 1. The summed E-state index contributed by atoms with van der Waals surface area (Å²) >= 11 is 0. The van der Waals surface area contributed by atoms with Crippen LogP contribution in [0, 0.1) is 0 Å². The van der Waals surface area contributed by atoms with E-state index < -0.39 is 0 Å². The number of pyridine rings is 1. The van der Waals surface area contributed by atoms with Crippen molar-refractivity contribution in [3.05, 3.63) is 42.6 Å². The van der Waals surface area contributed by atoms with Crippen molar-refractivity contribution in [3.63, 3.8) is 0 Å². The van der Waals surface area contributed by atoms with Crippen LogP contribution in [0.3, 0.4) is 0 Å². The van der Waals surface area contributed by atoms with Gasteiger partial charge in [0.1, 0.15) is 11.6 Å².